The van der Waals surface area contributed by atoms with Gasteiger partial charge in [0, 0.05) is 18.7 Å². The fourth-order valence-electron chi connectivity index (χ4n) is 3.65. The van der Waals surface area contributed by atoms with Crippen molar-refractivity contribution in [1.29, 1.82) is 0 Å². The third-order valence-electron chi connectivity index (χ3n) is 4.87. The van der Waals surface area contributed by atoms with Crippen molar-refractivity contribution >= 4 is 16.7 Å². The molecule has 126 valence electrons. The number of likely N-dealkylation sites (tertiary alicyclic amines) is 1. The van der Waals surface area contributed by atoms with Crippen LogP contribution < -0.4 is 5.56 Å². The summed E-state index contributed by atoms with van der Waals surface area (Å²) in [5.41, 5.74) is 1.26. The molecule has 0 saturated carbocycles. The molecule has 1 amide bonds. The van der Waals surface area contributed by atoms with E-state index in [1.54, 1.807) is 0 Å². The minimum Gasteiger partial charge on any atom is -0.334 e. The van der Waals surface area contributed by atoms with Gasteiger partial charge in [-0.25, -0.2) is 5.10 Å². The predicted molar refractivity (Wildman–Crippen MR) is 96.6 cm³/mol. The molecule has 0 unspecified atom stereocenters. The molecule has 0 spiro atoms. The molecule has 5 nitrogen and oxygen atoms in total. The van der Waals surface area contributed by atoms with Crippen molar-refractivity contribution in [2.24, 2.45) is 0 Å². The number of hydrogen-bond acceptors (Lipinski definition) is 3. The molecule has 0 radical (unpaired) electrons. The topological polar surface area (TPSA) is 66.1 Å². The highest BCUT2D eigenvalue weighted by Gasteiger charge is 2.30. The van der Waals surface area contributed by atoms with Crippen LogP contribution in [0.1, 0.15) is 28.9 Å². The van der Waals surface area contributed by atoms with Crippen LogP contribution in [0.4, 0.5) is 0 Å². The van der Waals surface area contributed by atoms with Crippen molar-refractivity contribution in [3.63, 3.8) is 0 Å². The summed E-state index contributed by atoms with van der Waals surface area (Å²) in [6.45, 7) is 0.731. The lowest BCUT2D eigenvalue weighted by molar-refractivity contribution is 0.0729. The van der Waals surface area contributed by atoms with Gasteiger partial charge in [0.25, 0.3) is 11.5 Å². The minimum absolute atomic E-state index is 0.112. The Morgan fingerprint density at radius 2 is 1.96 bits per heavy atom. The molecule has 2 heterocycles. The van der Waals surface area contributed by atoms with Gasteiger partial charge in [0.1, 0.15) is 5.69 Å². The second-order valence-electron chi connectivity index (χ2n) is 6.44. The van der Waals surface area contributed by atoms with Gasteiger partial charge in [-0.3, -0.25) is 9.59 Å². The zero-order valence-corrected chi connectivity index (χ0v) is 13.8. The highest BCUT2D eigenvalue weighted by Crippen LogP contribution is 2.26. The van der Waals surface area contributed by atoms with E-state index in [1.807, 2.05) is 17.0 Å². The van der Waals surface area contributed by atoms with Gasteiger partial charge in [-0.1, -0.05) is 42.5 Å². The third kappa shape index (κ3) is 3.05. The van der Waals surface area contributed by atoms with E-state index >= 15 is 0 Å². The first-order valence-electron chi connectivity index (χ1n) is 8.56. The first-order valence-corrected chi connectivity index (χ1v) is 8.56. The summed E-state index contributed by atoms with van der Waals surface area (Å²) in [6, 6.07) is 17.7. The number of rotatable bonds is 3. The molecule has 3 aromatic rings. The summed E-state index contributed by atoms with van der Waals surface area (Å²) in [6.07, 6.45) is 2.80. The van der Waals surface area contributed by atoms with E-state index in [-0.39, 0.29) is 17.5 Å². The number of hydrogen-bond donors (Lipinski definition) is 1. The van der Waals surface area contributed by atoms with Gasteiger partial charge < -0.3 is 4.90 Å². The summed E-state index contributed by atoms with van der Waals surface area (Å²) in [7, 11) is 0. The minimum atomic E-state index is -0.301. The number of fused-ring (bicyclic) bond motifs is 1. The Kier molecular flexibility index (Phi) is 4.06. The first-order chi connectivity index (χ1) is 12.2. The van der Waals surface area contributed by atoms with Crippen LogP contribution in [0.3, 0.4) is 0 Å². The van der Waals surface area contributed by atoms with E-state index in [0.717, 1.165) is 25.8 Å². The number of benzene rings is 2. The summed E-state index contributed by atoms with van der Waals surface area (Å²) in [5, 5.41) is 8.69. The Labute approximate surface area is 145 Å². The first kappa shape index (κ1) is 15.6. The van der Waals surface area contributed by atoms with Crippen LogP contribution in [0.25, 0.3) is 10.8 Å². The number of carbonyl (C=O) groups excluding carboxylic acids is 1. The lowest BCUT2D eigenvalue weighted by Crippen LogP contribution is -2.37. The fourth-order valence-corrected chi connectivity index (χ4v) is 3.65. The maximum atomic E-state index is 12.8. The quantitative estimate of drug-likeness (QED) is 0.801. The van der Waals surface area contributed by atoms with Gasteiger partial charge in [0.15, 0.2) is 0 Å². The third-order valence-corrected chi connectivity index (χ3v) is 4.87. The molecule has 0 bridgehead atoms. The molecule has 5 heteroatoms. The Balaban J connectivity index is 1.60. The molecule has 1 aliphatic heterocycles. The van der Waals surface area contributed by atoms with Gasteiger partial charge >= 0.3 is 0 Å². The lowest BCUT2D eigenvalue weighted by Gasteiger charge is -2.25. The molecule has 2 aromatic carbocycles. The molecule has 1 aromatic heterocycles. The van der Waals surface area contributed by atoms with Crippen LogP contribution in [-0.4, -0.2) is 33.6 Å². The zero-order valence-electron chi connectivity index (χ0n) is 13.8. The number of H-pyrrole nitrogens is 1. The number of amides is 1. The Hall–Kier alpha value is -2.95. The number of carbonyl (C=O) groups is 1. The largest absolute Gasteiger partial charge is 0.334 e. The van der Waals surface area contributed by atoms with Gasteiger partial charge in [-0.05, 0) is 41.7 Å². The summed E-state index contributed by atoms with van der Waals surface area (Å²) < 4.78 is 0. The molecule has 1 atom stereocenters. The Morgan fingerprint density at radius 1 is 1.12 bits per heavy atom. The normalized spacial score (nSPS) is 17.1. The molecule has 0 aliphatic carbocycles. The van der Waals surface area contributed by atoms with Crippen LogP contribution in [-0.2, 0) is 6.42 Å². The van der Waals surface area contributed by atoms with Gasteiger partial charge in [-0.15, -0.1) is 0 Å². The van der Waals surface area contributed by atoms with E-state index < -0.39 is 0 Å². The average Bonchev–Trinajstić information content (AvgIpc) is 3.10. The van der Waals surface area contributed by atoms with Crippen LogP contribution in [0.5, 0.6) is 0 Å². The van der Waals surface area contributed by atoms with E-state index in [2.05, 4.69) is 40.5 Å². The second kappa shape index (κ2) is 6.51. The molecule has 1 aliphatic rings. The molecule has 1 N–H and O–H groups in total. The monoisotopic (exact) mass is 333 g/mol. The number of nitrogens with one attached hydrogen (secondary N) is 1. The molecule has 1 fully saturated rings. The van der Waals surface area contributed by atoms with Crippen molar-refractivity contribution in [1.82, 2.24) is 15.1 Å². The maximum Gasteiger partial charge on any atom is 0.274 e. The standard InChI is InChI=1S/C20H19N3O2/c24-19-11-10-18(21-22-19)20(25)23-12-4-8-16(23)13-15-7-3-6-14-5-1-2-9-17(14)15/h1-3,5-7,9-11,16H,4,8,12-13H2,(H,22,24)/t16-/m1/s1. The summed E-state index contributed by atoms with van der Waals surface area (Å²) in [5.74, 6) is -0.112. The lowest BCUT2D eigenvalue weighted by atomic mass is 9.97. The number of nitrogens with zero attached hydrogens (tertiary/aromatic N) is 2. The van der Waals surface area contributed by atoms with E-state index in [9.17, 15) is 9.59 Å². The van der Waals surface area contributed by atoms with Crippen molar-refractivity contribution in [2.75, 3.05) is 6.54 Å². The maximum absolute atomic E-state index is 12.8. The van der Waals surface area contributed by atoms with Gasteiger partial charge in [0.2, 0.25) is 0 Å². The smallest absolute Gasteiger partial charge is 0.274 e. The predicted octanol–water partition coefficient (Wildman–Crippen LogP) is 2.77. The zero-order chi connectivity index (χ0) is 17.2. The molecule has 4 rings (SSSR count). The Bertz CT molecular complexity index is 954. The highest BCUT2D eigenvalue weighted by atomic mass is 16.2. The van der Waals surface area contributed by atoms with Crippen molar-refractivity contribution in [3.05, 3.63) is 76.2 Å². The molecular weight excluding hydrogens is 314 g/mol. The average molecular weight is 333 g/mol. The summed E-state index contributed by atoms with van der Waals surface area (Å²) >= 11 is 0. The fraction of sp³-hybridized carbons (Fsp3) is 0.250. The number of aromatic amines is 1. The highest BCUT2D eigenvalue weighted by molar-refractivity contribution is 5.92. The van der Waals surface area contributed by atoms with E-state index in [4.69, 9.17) is 0 Å². The summed E-state index contributed by atoms with van der Waals surface area (Å²) in [4.78, 5) is 25.8. The van der Waals surface area contributed by atoms with Crippen LogP contribution in [0, 0.1) is 0 Å². The van der Waals surface area contributed by atoms with Gasteiger partial charge in [0.05, 0.1) is 0 Å². The van der Waals surface area contributed by atoms with E-state index in [1.165, 1.54) is 28.5 Å². The molecular formula is C20H19N3O2. The second-order valence-corrected chi connectivity index (χ2v) is 6.44. The number of aromatic nitrogens is 2. The van der Waals surface area contributed by atoms with Crippen LogP contribution >= 0.6 is 0 Å². The Morgan fingerprint density at radius 3 is 2.80 bits per heavy atom. The molecule has 25 heavy (non-hydrogen) atoms. The van der Waals surface area contributed by atoms with Crippen molar-refractivity contribution in [3.8, 4) is 0 Å². The van der Waals surface area contributed by atoms with Crippen molar-refractivity contribution in [2.45, 2.75) is 25.3 Å². The van der Waals surface area contributed by atoms with Gasteiger partial charge in [-0.2, -0.15) is 5.10 Å². The molecule has 1 saturated heterocycles. The van der Waals surface area contributed by atoms with Crippen LogP contribution in [0.15, 0.2) is 59.4 Å². The van der Waals surface area contributed by atoms with Crippen LogP contribution in [0.2, 0.25) is 0 Å². The SMILES string of the molecule is O=C(c1ccc(=O)[nH]n1)N1CCC[C@@H]1Cc1cccc2ccccc12. The van der Waals surface area contributed by atoms with E-state index in [0.29, 0.717) is 5.69 Å². The van der Waals surface area contributed by atoms with Crippen molar-refractivity contribution < 1.29 is 4.79 Å².